The highest BCUT2D eigenvalue weighted by Crippen LogP contribution is 2.27. The number of rotatable bonds is 5. The molecule has 0 aliphatic carbocycles. The lowest BCUT2D eigenvalue weighted by atomic mass is 9.91. The summed E-state index contributed by atoms with van der Waals surface area (Å²) in [4.78, 5) is 18.7. The molecular formula is C25H27N5O3. The number of amides is 2. The molecule has 3 heterocycles. The van der Waals surface area contributed by atoms with Gasteiger partial charge in [-0.15, -0.1) is 10.2 Å². The van der Waals surface area contributed by atoms with Gasteiger partial charge in [0, 0.05) is 31.4 Å². The van der Waals surface area contributed by atoms with Crippen molar-refractivity contribution in [2.24, 2.45) is 5.92 Å². The Kier molecular flexibility index (Phi) is 6.83. The first-order valence-electron chi connectivity index (χ1n) is 10.8. The van der Waals surface area contributed by atoms with Crippen molar-refractivity contribution in [1.29, 1.82) is 0 Å². The molecule has 1 N–H and O–H groups in total. The van der Waals surface area contributed by atoms with Crippen molar-refractivity contribution in [2.45, 2.75) is 20.3 Å². The number of nitrogens with zero attached hydrogens (tertiary/aromatic N) is 4. The minimum Gasteiger partial charge on any atom is -0.480 e. The number of likely N-dealkylation sites (tertiary alicyclic amines) is 1. The molecule has 2 aromatic heterocycles. The van der Waals surface area contributed by atoms with Crippen molar-refractivity contribution in [1.82, 2.24) is 20.1 Å². The average Bonchev–Trinajstić information content (AvgIpc) is 2.82. The van der Waals surface area contributed by atoms with Gasteiger partial charge in [0.1, 0.15) is 5.75 Å². The van der Waals surface area contributed by atoms with Crippen molar-refractivity contribution in [3.05, 3.63) is 71.4 Å². The highest BCUT2D eigenvalue weighted by atomic mass is 16.5. The summed E-state index contributed by atoms with van der Waals surface area (Å²) in [6, 6.07) is 14.9. The van der Waals surface area contributed by atoms with Crippen LogP contribution in [0.3, 0.4) is 0 Å². The predicted molar refractivity (Wildman–Crippen MR) is 126 cm³/mol. The third-order valence-electron chi connectivity index (χ3n) is 5.49. The van der Waals surface area contributed by atoms with E-state index in [1.807, 2.05) is 37.3 Å². The van der Waals surface area contributed by atoms with Gasteiger partial charge in [-0.1, -0.05) is 36.8 Å². The smallest absolute Gasteiger partial charge is 0.323 e. The molecule has 33 heavy (non-hydrogen) atoms. The number of aryl methyl sites for hydroxylation is 1. The number of anilines is 1. The number of hydrogen-bond acceptors (Lipinski definition) is 6. The zero-order valence-corrected chi connectivity index (χ0v) is 19.0. The number of aromatic nitrogens is 3. The van der Waals surface area contributed by atoms with Crippen LogP contribution < -0.4 is 14.8 Å². The quantitative estimate of drug-likeness (QED) is 0.598. The second kappa shape index (κ2) is 10.1. The number of ether oxygens (including phenoxy) is 2. The van der Waals surface area contributed by atoms with E-state index in [2.05, 4.69) is 39.6 Å². The molecule has 4 rings (SSSR count). The first-order valence-corrected chi connectivity index (χ1v) is 10.8. The van der Waals surface area contributed by atoms with Crippen molar-refractivity contribution in [3.63, 3.8) is 0 Å². The highest BCUT2D eigenvalue weighted by molar-refractivity contribution is 5.88. The number of piperidine rings is 1. The summed E-state index contributed by atoms with van der Waals surface area (Å²) < 4.78 is 10.9. The Morgan fingerprint density at radius 2 is 2.00 bits per heavy atom. The van der Waals surface area contributed by atoms with E-state index in [-0.39, 0.29) is 11.9 Å². The fraction of sp³-hybridized carbons (Fsp3) is 0.280. The summed E-state index contributed by atoms with van der Waals surface area (Å²) in [6.45, 7) is 5.39. The third kappa shape index (κ3) is 5.85. The van der Waals surface area contributed by atoms with E-state index in [1.165, 1.54) is 12.7 Å². The monoisotopic (exact) mass is 445 g/mol. The summed E-state index contributed by atoms with van der Waals surface area (Å²) in [5, 5.41) is 10.6. The minimum atomic E-state index is -0.179. The second-order valence-electron chi connectivity index (χ2n) is 8.06. The third-order valence-corrected chi connectivity index (χ3v) is 5.49. The molecule has 0 spiro atoms. The van der Waals surface area contributed by atoms with Gasteiger partial charge in [0.2, 0.25) is 11.8 Å². The lowest BCUT2D eigenvalue weighted by molar-refractivity contribution is 0.197. The summed E-state index contributed by atoms with van der Waals surface area (Å²) in [5.41, 5.74) is 3.45. The Labute approximate surface area is 193 Å². The number of urea groups is 1. The van der Waals surface area contributed by atoms with Crippen LogP contribution >= 0.6 is 0 Å². The maximum Gasteiger partial charge on any atom is 0.323 e. The number of methoxy groups -OCH3 is 1. The molecule has 170 valence electrons. The maximum atomic E-state index is 12.6. The Bertz CT molecular complexity index is 1130. The summed E-state index contributed by atoms with van der Waals surface area (Å²) in [7, 11) is 1.52. The van der Waals surface area contributed by atoms with Crippen LogP contribution in [0.4, 0.5) is 10.6 Å². The molecule has 1 aromatic carbocycles. The summed E-state index contributed by atoms with van der Waals surface area (Å²) >= 11 is 0. The summed E-state index contributed by atoms with van der Waals surface area (Å²) in [5.74, 6) is 2.34. The average molecular weight is 446 g/mol. The van der Waals surface area contributed by atoms with Crippen molar-refractivity contribution < 1.29 is 14.3 Å². The number of pyridine rings is 1. The number of nitrogens with one attached hydrogen (secondary N) is 1. The summed E-state index contributed by atoms with van der Waals surface area (Å²) in [6.07, 6.45) is 4.77. The molecule has 2 amide bonds. The van der Waals surface area contributed by atoms with E-state index in [0.717, 1.165) is 23.3 Å². The molecule has 0 radical (unpaired) electrons. The van der Waals surface area contributed by atoms with E-state index < -0.39 is 0 Å². The Morgan fingerprint density at radius 1 is 1.15 bits per heavy atom. The van der Waals surface area contributed by atoms with Crippen LogP contribution in [-0.4, -0.2) is 46.3 Å². The zero-order valence-electron chi connectivity index (χ0n) is 19.0. The van der Waals surface area contributed by atoms with E-state index in [4.69, 9.17) is 9.47 Å². The number of hydrogen-bond donors (Lipinski definition) is 1. The standard InChI is InChI=1S/C25H27N5O3/c1-17-7-9-23(26-15-17)33-21-6-4-5-19(14-21)13-20-11-12-30(16-18(20)2)25(31)27-22-8-10-24(32-3)29-28-22/h4-10,13-15,18H,11-12,16H2,1-3H3,(H,27,28,31)/b20-13+. The maximum absolute atomic E-state index is 12.6. The van der Waals surface area contributed by atoms with Crippen molar-refractivity contribution in [2.75, 3.05) is 25.5 Å². The van der Waals surface area contributed by atoms with Gasteiger partial charge in [0.15, 0.2) is 5.82 Å². The van der Waals surface area contributed by atoms with Gasteiger partial charge in [0.25, 0.3) is 0 Å². The van der Waals surface area contributed by atoms with Gasteiger partial charge in [-0.25, -0.2) is 9.78 Å². The Hall–Kier alpha value is -3.94. The van der Waals surface area contributed by atoms with E-state index in [1.54, 1.807) is 23.2 Å². The molecule has 3 aromatic rings. The van der Waals surface area contributed by atoms with Gasteiger partial charge in [-0.2, -0.15) is 0 Å². The zero-order chi connectivity index (χ0) is 23.2. The normalized spacial score (nSPS) is 17.0. The molecule has 8 heteroatoms. The Balaban J connectivity index is 1.37. The lowest BCUT2D eigenvalue weighted by Crippen LogP contribution is -2.42. The molecular weight excluding hydrogens is 418 g/mol. The SMILES string of the molecule is COc1ccc(NC(=O)N2CC/C(=C\c3cccc(Oc4ccc(C)cn4)c3)C(C)C2)nn1. The minimum absolute atomic E-state index is 0.179. The second-order valence-corrected chi connectivity index (χ2v) is 8.06. The number of carbonyl (C=O) groups is 1. The molecule has 1 saturated heterocycles. The van der Waals surface area contributed by atoms with Crippen LogP contribution in [0, 0.1) is 12.8 Å². The lowest BCUT2D eigenvalue weighted by Gasteiger charge is -2.33. The van der Waals surface area contributed by atoms with Gasteiger partial charge >= 0.3 is 6.03 Å². The van der Waals surface area contributed by atoms with Crippen LogP contribution in [0.15, 0.2) is 60.3 Å². The van der Waals surface area contributed by atoms with E-state index in [0.29, 0.717) is 30.7 Å². The van der Waals surface area contributed by atoms with Crippen LogP contribution in [0.5, 0.6) is 17.5 Å². The van der Waals surface area contributed by atoms with Crippen LogP contribution in [0.2, 0.25) is 0 Å². The molecule has 8 nitrogen and oxygen atoms in total. The van der Waals surface area contributed by atoms with Crippen LogP contribution in [-0.2, 0) is 0 Å². The topological polar surface area (TPSA) is 89.5 Å². The molecule has 0 saturated carbocycles. The molecule has 1 unspecified atom stereocenters. The predicted octanol–water partition coefficient (Wildman–Crippen LogP) is 4.94. The van der Waals surface area contributed by atoms with Gasteiger partial charge in [-0.05, 0) is 48.6 Å². The number of benzene rings is 1. The molecule has 1 fully saturated rings. The Morgan fingerprint density at radius 3 is 2.70 bits per heavy atom. The largest absolute Gasteiger partial charge is 0.480 e. The van der Waals surface area contributed by atoms with Crippen LogP contribution in [0.1, 0.15) is 24.5 Å². The van der Waals surface area contributed by atoms with Crippen molar-refractivity contribution >= 4 is 17.9 Å². The van der Waals surface area contributed by atoms with Gasteiger partial charge in [-0.3, -0.25) is 5.32 Å². The first-order chi connectivity index (χ1) is 16.0. The van der Waals surface area contributed by atoms with Gasteiger partial charge in [0.05, 0.1) is 7.11 Å². The molecule has 0 bridgehead atoms. The van der Waals surface area contributed by atoms with Crippen molar-refractivity contribution in [3.8, 4) is 17.5 Å². The first kappa shape index (κ1) is 22.3. The molecule has 1 atom stereocenters. The van der Waals surface area contributed by atoms with Gasteiger partial charge < -0.3 is 14.4 Å². The fourth-order valence-electron chi connectivity index (χ4n) is 3.65. The molecule has 1 aliphatic heterocycles. The van der Waals surface area contributed by atoms with E-state index in [9.17, 15) is 4.79 Å². The molecule has 1 aliphatic rings. The fourth-order valence-corrected chi connectivity index (χ4v) is 3.65. The van der Waals surface area contributed by atoms with Crippen LogP contribution in [0.25, 0.3) is 6.08 Å². The number of carbonyl (C=O) groups excluding carboxylic acids is 1. The van der Waals surface area contributed by atoms with E-state index >= 15 is 0 Å². The highest BCUT2D eigenvalue weighted by Gasteiger charge is 2.24.